The molecule has 0 amide bonds. The highest BCUT2D eigenvalue weighted by Crippen LogP contribution is 2.22. The molecule has 0 fully saturated rings. The molecule has 1 N–H and O–H groups in total. The summed E-state index contributed by atoms with van der Waals surface area (Å²) in [5.41, 5.74) is 4.42. The quantitative estimate of drug-likeness (QED) is 0.775. The maximum absolute atomic E-state index is 9.67. The van der Waals surface area contributed by atoms with Crippen molar-refractivity contribution in [2.24, 2.45) is 0 Å². The number of aliphatic hydroxyl groups is 1. The third-order valence-electron chi connectivity index (χ3n) is 2.85. The van der Waals surface area contributed by atoms with Crippen LogP contribution in [0.5, 0.6) is 0 Å². The van der Waals surface area contributed by atoms with Gasteiger partial charge in [-0.3, -0.25) is 0 Å². The van der Waals surface area contributed by atoms with Crippen molar-refractivity contribution < 1.29 is 5.11 Å². The Bertz CT molecular complexity index is 512. The summed E-state index contributed by atoms with van der Waals surface area (Å²) in [6.07, 6.45) is -0.530. The highest BCUT2D eigenvalue weighted by Gasteiger charge is 2.11. The summed E-state index contributed by atoms with van der Waals surface area (Å²) in [6, 6.07) is 4.15. The molecule has 1 heterocycles. The maximum Gasteiger partial charge on any atom is 0.129 e. The van der Waals surface area contributed by atoms with E-state index >= 15 is 0 Å². The number of fused-ring (bicyclic) bond motifs is 1. The molecule has 0 aliphatic heterocycles. The van der Waals surface area contributed by atoms with Gasteiger partial charge in [0.15, 0.2) is 0 Å². The summed E-state index contributed by atoms with van der Waals surface area (Å²) < 4.78 is 1.85. The van der Waals surface area contributed by atoms with Crippen LogP contribution in [0.4, 0.5) is 0 Å². The van der Waals surface area contributed by atoms with Crippen molar-refractivity contribution in [2.45, 2.75) is 33.9 Å². The predicted molar refractivity (Wildman–Crippen MR) is 60.9 cm³/mol. The topological polar surface area (TPSA) is 38.0 Å². The maximum atomic E-state index is 9.67. The largest absolute Gasteiger partial charge is 0.374 e. The molecular formula is C12H16N2O. The number of imidazole rings is 1. The van der Waals surface area contributed by atoms with Gasteiger partial charge in [-0.05, 0) is 51.0 Å². The zero-order valence-corrected chi connectivity index (χ0v) is 9.57. The van der Waals surface area contributed by atoms with E-state index in [9.17, 15) is 5.11 Å². The van der Waals surface area contributed by atoms with Gasteiger partial charge in [0.1, 0.15) is 12.1 Å². The number of aromatic nitrogens is 2. The highest BCUT2D eigenvalue weighted by atomic mass is 16.3. The van der Waals surface area contributed by atoms with E-state index in [4.69, 9.17) is 0 Å². The van der Waals surface area contributed by atoms with E-state index in [0.29, 0.717) is 0 Å². The molecule has 3 heteroatoms. The lowest BCUT2D eigenvalue weighted by molar-refractivity contribution is 0.126. The van der Waals surface area contributed by atoms with Gasteiger partial charge < -0.3 is 9.67 Å². The third-order valence-corrected chi connectivity index (χ3v) is 2.85. The zero-order chi connectivity index (χ0) is 11.2. The Labute approximate surface area is 89.4 Å². The lowest BCUT2D eigenvalue weighted by Gasteiger charge is -2.10. The fraction of sp³-hybridized carbons (Fsp3) is 0.417. The Balaban J connectivity index is 2.81. The lowest BCUT2D eigenvalue weighted by Crippen LogP contribution is -2.05. The molecular weight excluding hydrogens is 188 g/mol. The number of hydrogen-bond donors (Lipinski definition) is 1. The summed E-state index contributed by atoms with van der Waals surface area (Å²) >= 11 is 0. The third kappa shape index (κ3) is 1.53. The first kappa shape index (κ1) is 10.2. The minimum Gasteiger partial charge on any atom is -0.374 e. The molecule has 1 aromatic carbocycles. The van der Waals surface area contributed by atoms with Crippen LogP contribution < -0.4 is 0 Å². The molecule has 80 valence electrons. The number of aryl methyl sites for hydroxylation is 3. The van der Waals surface area contributed by atoms with E-state index in [1.54, 1.807) is 6.92 Å². The van der Waals surface area contributed by atoms with Crippen molar-refractivity contribution in [1.82, 2.24) is 9.55 Å². The van der Waals surface area contributed by atoms with Crippen molar-refractivity contribution >= 4 is 11.0 Å². The zero-order valence-electron chi connectivity index (χ0n) is 9.57. The molecule has 0 aliphatic carbocycles. The minimum absolute atomic E-state index is 0.530. The van der Waals surface area contributed by atoms with Crippen LogP contribution in [-0.2, 0) is 0 Å². The molecule has 3 nitrogen and oxygen atoms in total. The van der Waals surface area contributed by atoms with Crippen LogP contribution in [0.25, 0.3) is 11.0 Å². The number of hydrogen-bond acceptors (Lipinski definition) is 2. The second kappa shape index (κ2) is 3.35. The van der Waals surface area contributed by atoms with Gasteiger partial charge in [-0.1, -0.05) is 0 Å². The second-order valence-corrected chi connectivity index (χ2v) is 4.09. The van der Waals surface area contributed by atoms with Crippen LogP contribution >= 0.6 is 0 Å². The van der Waals surface area contributed by atoms with E-state index in [0.717, 1.165) is 16.9 Å². The molecule has 0 spiro atoms. The first-order chi connectivity index (χ1) is 7.00. The summed E-state index contributed by atoms with van der Waals surface area (Å²) in [7, 11) is 0. The van der Waals surface area contributed by atoms with E-state index in [1.807, 2.05) is 11.5 Å². The smallest absolute Gasteiger partial charge is 0.129 e. The number of rotatable bonds is 1. The first-order valence-electron chi connectivity index (χ1n) is 5.14. The monoisotopic (exact) mass is 204 g/mol. The van der Waals surface area contributed by atoms with E-state index < -0.39 is 6.23 Å². The summed E-state index contributed by atoms with van der Waals surface area (Å²) in [5, 5.41) is 9.67. The minimum atomic E-state index is -0.530. The predicted octanol–water partition coefficient (Wildman–Crippen LogP) is 2.47. The van der Waals surface area contributed by atoms with Gasteiger partial charge in [0, 0.05) is 0 Å². The summed E-state index contributed by atoms with van der Waals surface area (Å²) in [5.74, 6) is 0.852. The van der Waals surface area contributed by atoms with E-state index in [2.05, 4.69) is 31.0 Å². The Hall–Kier alpha value is -1.35. The lowest BCUT2D eigenvalue weighted by atomic mass is 10.1. The average molecular weight is 204 g/mol. The standard InChI is InChI=1S/C12H16N2O/c1-7-5-11-12(6-8(7)2)14(10(4)15)9(3)13-11/h5-6,10,15H,1-4H3. The Morgan fingerprint density at radius 2 is 1.80 bits per heavy atom. The summed E-state index contributed by atoms with van der Waals surface area (Å²) in [6.45, 7) is 7.82. The van der Waals surface area contributed by atoms with Gasteiger partial charge in [0.25, 0.3) is 0 Å². The molecule has 1 atom stereocenters. The number of aliphatic hydroxyl groups excluding tert-OH is 1. The van der Waals surface area contributed by atoms with Crippen LogP contribution in [0.15, 0.2) is 12.1 Å². The van der Waals surface area contributed by atoms with Crippen LogP contribution in [0.2, 0.25) is 0 Å². The molecule has 2 rings (SSSR count). The average Bonchev–Trinajstić information content (AvgIpc) is 2.41. The molecule has 2 aromatic rings. The van der Waals surface area contributed by atoms with Gasteiger partial charge in [-0.15, -0.1) is 0 Å². The SMILES string of the molecule is Cc1cc2nc(C)n(C(C)O)c2cc1C. The van der Waals surface area contributed by atoms with Gasteiger partial charge in [-0.25, -0.2) is 4.98 Å². The summed E-state index contributed by atoms with van der Waals surface area (Å²) in [4.78, 5) is 4.44. The molecule has 1 unspecified atom stereocenters. The van der Waals surface area contributed by atoms with Crippen molar-refractivity contribution in [3.8, 4) is 0 Å². The first-order valence-corrected chi connectivity index (χ1v) is 5.14. The Morgan fingerprint density at radius 3 is 2.40 bits per heavy atom. The van der Waals surface area contributed by atoms with E-state index in [1.165, 1.54) is 11.1 Å². The molecule has 0 bridgehead atoms. The van der Waals surface area contributed by atoms with Gasteiger partial charge in [-0.2, -0.15) is 0 Å². The number of nitrogens with zero attached hydrogens (tertiary/aromatic N) is 2. The molecule has 0 radical (unpaired) electrons. The molecule has 1 aromatic heterocycles. The van der Waals surface area contributed by atoms with Crippen LogP contribution in [0, 0.1) is 20.8 Å². The second-order valence-electron chi connectivity index (χ2n) is 4.09. The van der Waals surface area contributed by atoms with Crippen molar-refractivity contribution in [1.29, 1.82) is 0 Å². The Kier molecular flexibility index (Phi) is 2.27. The molecule has 15 heavy (non-hydrogen) atoms. The van der Waals surface area contributed by atoms with Crippen molar-refractivity contribution in [3.63, 3.8) is 0 Å². The molecule has 0 saturated carbocycles. The fourth-order valence-electron chi connectivity index (χ4n) is 1.94. The molecule has 0 aliphatic rings. The van der Waals surface area contributed by atoms with Gasteiger partial charge >= 0.3 is 0 Å². The Morgan fingerprint density at radius 1 is 1.20 bits per heavy atom. The van der Waals surface area contributed by atoms with Gasteiger partial charge in [0.05, 0.1) is 11.0 Å². The van der Waals surface area contributed by atoms with Crippen LogP contribution in [-0.4, -0.2) is 14.7 Å². The van der Waals surface area contributed by atoms with Crippen LogP contribution in [0.3, 0.4) is 0 Å². The van der Waals surface area contributed by atoms with Crippen molar-refractivity contribution in [2.75, 3.05) is 0 Å². The van der Waals surface area contributed by atoms with Gasteiger partial charge in [0.2, 0.25) is 0 Å². The number of benzene rings is 1. The normalized spacial score (nSPS) is 13.4. The van der Waals surface area contributed by atoms with Crippen molar-refractivity contribution in [3.05, 3.63) is 29.1 Å². The van der Waals surface area contributed by atoms with E-state index in [-0.39, 0.29) is 0 Å². The van der Waals surface area contributed by atoms with Crippen LogP contribution in [0.1, 0.15) is 30.1 Å². The fourth-order valence-corrected chi connectivity index (χ4v) is 1.94. The highest BCUT2D eigenvalue weighted by molar-refractivity contribution is 5.78. The molecule has 0 saturated heterocycles.